The van der Waals surface area contributed by atoms with Crippen LogP contribution in [0.2, 0.25) is 0 Å². The van der Waals surface area contributed by atoms with Gasteiger partial charge < -0.3 is 16.2 Å². The van der Waals surface area contributed by atoms with Gasteiger partial charge in [-0.25, -0.2) is 0 Å². The van der Waals surface area contributed by atoms with Crippen LogP contribution in [0.5, 0.6) is 0 Å². The number of hydrogen-bond donors (Lipinski definition) is 2. The lowest BCUT2D eigenvalue weighted by atomic mass is 10.5. The summed E-state index contributed by atoms with van der Waals surface area (Å²) in [6.07, 6.45) is 1.33. The Morgan fingerprint density at radius 1 is 1.78 bits per heavy atom. The van der Waals surface area contributed by atoms with Gasteiger partial charge in [0, 0.05) is 19.9 Å². The number of hydrogen-bond acceptors (Lipinski definition) is 4. The number of nitrogens with zero attached hydrogens (tertiary/aromatic N) is 1. The molecule has 4 nitrogen and oxygen atoms in total. The summed E-state index contributed by atoms with van der Waals surface area (Å²) in [5.74, 6) is 0. The highest BCUT2D eigenvalue weighted by molar-refractivity contribution is 5.58. The van der Waals surface area contributed by atoms with Crippen LogP contribution in [-0.2, 0) is 4.74 Å². The Bertz CT molecular complexity index is 84.3. The van der Waals surface area contributed by atoms with E-state index in [4.69, 9.17) is 16.2 Å². The fourth-order valence-corrected chi connectivity index (χ4v) is 0.314. The lowest BCUT2D eigenvalue weighted by molar-refractivity contribution is 0.248. The lowest BCUT2D eigenvalue weighted by Gasteiger charge is -1.98. The van der Waals surface area contributed by atoms with E-state index in [0.717, 1.165) is 0 Å². The third-order valence-electron chi connectivity index (χ3n) is 0.780. The molecule has 0 rings (SSSR count). The second kappa shape index (κ2) is 5.68. The fourth-order valence-electron chi connectivity index (χ4n) is 0.314. The highest BCUT2D eigenvalue weighted by Crippen LogP contribution is 1.72. The van der Waals surface area contributed by atoms with Gasteiger partial charge in [-0.3, -0.25) is 4.99 Å². The van der Waals surface area contributed by atoms with Crippen molar-refractivity contribution in [2.24, 2.45) is 16.5 Å². The first-order valence-electron chi connectivity index (χ1n) is 2.77. The summed E-state index contributed by atoms with van der Waals surface area (Å²) < 4.78 is 4.69. The summed E-state index contributed by atoms with van der Waals surface area (Å²) in [5, 5.41) is 0. The first kappa shape index (κ1) is 8.55. The second-order valence-corrected chi connectivity index (χ2v) is 1.59. The van der Waals surface area contributed by atoms with Gasteiger partial charge in [-0.2, -0.15) is 0 Å². The normalized spacial score (nSPS) is 14.6. The SMILES string of the molecule is COCC=NC(N)CN. The fraction of sp³-hybridized carbons (Fsp3) is 0.800. The molecule has 0 saturated carbocycles. The number of nitrogens with two attached hydrogens (primary N) is 2. The molecular weight excluding hydrogens is 118 g/mol. The highest BCUT2D eigenvalue weighted by atomic mass is 16.5. The van der Waals surface area contributed by atoms with Gasteiger partial charge in [0.2, 0.25) is 0 Å². The molecule has 0 aromatic rings. The molecule has 0 aromatic carbocycles. The molecule has 4 N–H and O–H groups in total. The Balaban J connectivity index is 3.20. The van der Waals surface area contributed by atoms with E-state index in [-0.39, 0.29) is 6.17 Å². The standard InChI is InChI=1S/C5H13N3O/c1-9-3-2-8-5(7)4-6/h2,5H,3-4,6-7H2,1H3. The molecule has 4 heteroatoms. The molecule has 0 aromatic heterocycles. The summed E-state index contributed by atoms with van der Waals surface area (Å²) in [5.41, 5.74) is 10.5. The summed E-state index contributed by atoms with van der Waals surface area (Å²) in [6, 6.07) is 0. The molecule has 0 heterocycles. The van der Waals surface area contributed by atoms with Crippen LogP contribution in [0.1, 0.15) is 0 Å². The topological polar surface area (TPSA) is 73.6 Å². The minimum absolute atomic E-state index is 0.278. The van der Waals surface area contributed by atoms with Crippen LogP contribution in [-0.4, -0.2) is 32.6 Å². The maximum absolute atomic E-state index is 5.34. The minimum atomic E-state index is -0.278. The average Bonchev–Trinajstić information content (AvgIpc) is 1.89. The van der Waals surface area contributed by atoms with Crippen molar-refractivity contribution in [2.75, 3.05) is 20.3 Å². The quantitative estimate of drug-likeness (QED) is 0.478. The van der Waals surface area contributed by atoms with Gasteiger partial charge in [-0.05, 0) is 0 Å². The zero-order chi connectivity index (χ0) is 7.11. The van der Waals surface area contributed by atoms with Crippen molar-refractivity contribution in [3.05, 3.63) is 0 Å². The predicted molar refractivity (Wildman–Crippen MR) is 37.4 cm³/mol. The molecule has 0 fully saturated rings. The van der Waals surface area contributed by atoms with E-state index in [9.17, 15) is 0 Å². The Morgan fingerprint density at radius 2 is 2.44 bits per heavy atom. The van der Waals surface area contributed by atoms with E-state index in [1.54, 1.807) is 13.3 Å². The first-order chi connectivity index (χ1) is 4.31. The molecule has 1 atom stereocenters. The summed E-state index contributed by atoms with van der Waals surface area (Å²) in [7, 11) is 1.60. The highest BCUT2D eigenvalue weighted by Gasteiger charge is 1.88. The van der Waals surface area contributed by atoms with Crippen LogP contribution >= 0.6 is 0 Å². The molecule has 0 bridgehead atoms. The molecule has 54 valence electrons. The molecule has 0 saturated heterocycles. The number of methoxy groups -OCH3 is 1. The van der Waals surface area contributed by atoms with Gasteiger partial charge in [-0.15, -0.1) is 0 Å². The van der Waals surface area contributed by atoms with Crippen LogP contribution in [0.15, 0.2) is 4.99 Å². The third-order valence-corrected chi connectivity index (χ3v) is 0.780. The van der Waals surface area contributed by atoms with Gasteiger partial charge in [0.05, 0.1) is 6.61 Å². The number of rotatable bonds is 4. The third kappa shape index (κ3) is 5.42. The van der Waals surface area contributed by atoms with Crippen LogP contribution in [0.25, 0.3) is 0 Å². The molecule has 0 radical (unpaired) electrons. The lowest BCUT2D eigenvalue weighted by Crippen LogP contribution is -2.27. The van der Waals surface area contributed by atoms with E-state index in [2.05, 4.69) is 4.99 Å². The Labute approximate surface area is 54.9 Å². The predicted octanol–water partition coefficient (Wildman–Crippen LogP) is -1.05. The Morgan fingerprint density at radius 3 is 2.89 bits per heavy atom. The average molecular weight is 131 g/mol. The van der Waals surface area contributed by atoms with Crippen molar-refractivity contribution >= 4 is 6.21 Å². The van der Waals surface area contributed by atoms with Crippen LogP contribution in [0.3, 0.4) is 0 Å². The van der Waals surface area contributed by atoms with Crippen molar-refractivity contribution < 1.29 is 4.74 Å². The van der Waals surface area contributed by atoms with Crippen LogP contribution < -0.4 is 11.5 Å². The molecule has 0 spiro atoms. The molecular formula is C5H13N3O. The molecule has 0 aliphatic heterocycles. The Kier molecular flexibility index (Phi) is 5.40. The molecule has 0 aliphatic carbocycles. The van der Waals surface area contributed by atoms with Gasteiger partial charge in [-0.1, -0.05) is 0 Å². The second-order valence-electron chi connectivity index (χ2n) is 1.59. The van der Waals surface area contributed by atoms with Gasteiger partial charge in [0.25, 0.3) is 0 Å². The smallest absolute Gasteiger partial charge is 0.109 e. The van der Waals surface area contributed by atoms with Gasteiger partial charge in [0.1, 0.15) is 6.17 Å². The van der Waals surface area contributed by atoms with Gasteiger partial charge >= 0.3 is 0 Å². The molecule has 0 aliphatic rings. The van der Waals surface area contributed by atoms with Crippen LogP contribution in [0.4, 0.5) is 0 Å². The number of ether oxygens (including phenoxy) is 1. The minimum Gasteiger partial charge on any atom is -0.379 e. The van der Waals surface area contributed by atoms with E-state index < -0.39 is 0 Å². The summed E-state index contributed by atoms with van der Waals surface area (Å²) in [4.78, 5) is 3.84. The van der Waals surface area contributed by atoms with Crippen molar-refractivity contribution in [3.8, 4) is 0 Å². The van der Waals surface area contributed by atoms with Crippen molar-refractivity contribution in [3.63, 3.8) is 0 Å². The maximum Gasteiger partial charge on any atom is 0.109 e. The van der Waals surface area contributed by atoms with E-state index >= 15 is 0 Å². The van der Waals surface area contributed by atoms with E-state index in [1.165, 1.54) is 0 Å². The van der Waals surface area contributed by atoms with Crippen molar-refractivity contribution in [1.29, 1.82) is 0 Å². The van der Waals surface area contributed by atoms with Crippen molar-refractivity contribution in [2.45, 2.75) is 6.17 Å². The monoisotopic (exact) mass is 131 g/mol. The van der Waals surface area contributed by atoms with Gasteiger partial charge in [0.15, 0.2) is 0 Å². The largest absolute Gasteiger partial charge is 0.379 e. The molecule has 9 heavy (non-hydrogen) atoms. The summed E-state index contributed by atoms with van der Waals surface area (Å²) >= 11 is 0. The van der Waals surface area contributed by atoms with Crippen LogP contribution in [0, 0.1) is 0 Å². The van der Waals surface area contributed by atoms with E-state index in [1.807, 2.05) is 0 Å². The molecule has 0 amide bonds. The van der Waals surface area contributed by atoms with E-state index in [0.29, 0.717) is 13.2 Å². The maximum atomic E-state index is 5.34. The number of aliphatic imine (C=N–C) groups is 1. The first-order valence-corrected chi connectivity index (χ1v) is 2.77. The Hall–Kier alpha value is -0.450. The zero-order valence-electron chi connectivity index (χ0n) is 5.58. The molecule has 1 unspecified atom stereocenters. The zero-order valence-corrected chi connectivity index (χ0v) is 5.58. The van der Waals surface area contributed by atoms with Crippen molar-refractivity contribution in [1.82, 2.24) is 0 Å². The summed E-state index contributed by atoms with van der Waals surface area (Å²) in [6.45, 7) is 0.869.